The second-order valence-electron chi connectivity index (χ2n) is 4.61. The van der Waals surface area contributed by atoms with Gasteiger partial charge >= 0.3 is 0 Å². The fraction of sp³-hybridized carbons (Fsp3) is 0.500. The summed E-state index contributed by atoms with van der Waals surface area (Å²) in [5, 5.41) is 0. The van der Waals surface area contributed by atoms with Crippen LogP contribution in [0, 0.1) is 5.82 Å². The molecule has 19 heavy (non-hydrogen) atoms. The van der Waals surface area contributed by atoms with Gasteiger partial charge in [-0.1, -0.05) is 0 Å². The number of hydrogen-bond donors (Lipinski definition) is 0. The summed E-state index contributed by atoms with van der Waals surface area (Å²) in [5.74, 6) is -0.528. The van der Waals surface area contributed by atoms with E-state index >= 15 is 0 Å². The van der Waals surface area contributed by atoms with Gasteiger partial charge in [-0.3, -0.25) is 4.79 Å². The molecule has 104 valence electrons. The van der Waals surface area contributed by atoms with Crippen LogP contribution in [0.25, 0.3) is 0 Å². The molecule has 5 heteroatoms. The Bertz CT molecular complexity index is 462. The van der Waals surface area contributed by atoms with E-state index in [1.165, 1.54) is 19.1 Å². The molecule has 0 amide bonds. The number of methoxy groups -OCH3 is 1. The van der Waals surface area contributed by atoms with Crippen LogP contribution in [-0.4, -0.2) is 45.3 Å². The molecule has 0 bridgehead atoms. The van der Waals surface area contributed by atoms with E-state index in [2.05, 4.69) is 0 Å². The number of Topliss-reactive ketones (excluding diaryl/α,β-unsaturated/α-hetero) is 1. The number of rotatable bonds is 4. The van der Waals surface area contributed by atoms with Crippen LogP contribution < -0.4 is 4.90 Å². The normalized spacial score (nSPS) is 19.5. The van der Waals surface area contributed by atoms with Crippen molar-refractivity contribution in [2.24, 2.45) is 0 Å². The molecule has 1 aliphatic heterocycles. The summed E-state index contributed by atoms with van der Waals surface area (Å²) in [6.07, 6.45) is -0.0244. The highest BCUT2D eigenvalue weighted by molar-refractivity contribution is 5.99. The minimum absolute atomic E-state index is 0.0244. The fourth-order valence-corrected chi connectivity index (χ4v) is 2.29. The molecule has 0 saturated carbocycles. The van der Waals surface area contributed by atoms with Crippen molar-refractivity contribution in [2.75, 3.05) is 38.3 Å². The number of carbonyl (C=O) groups is 1. The number of hydrogen-bond acceptors (Lipinski definition) is 4. The monoisotopic (exact) mass is 267 g/mol. The zero-order valence-electron chi connectivity index (χ0n) is 11.2. The molecule has 4 nitrogen and oxygen atoms in total. The highest BCUT2D eigenvalue weighted by Gasteiger charge is 2.23. The number of anilines is 1. The quantitative estimate of drug-likeness (QED) is 0.781. The average Bonchev–Trinajstić information content (AvgIpc) is 2.39. The third-order valence-corrected chi connectivity index (χ3v) is 3.17. The van der Waals surface area contributed by atoms with Crippen molar-refractivity contribution in [3.8, 4) is 0 Å². The Kier molecular flexibility index (Phi) is 4.50. The van der Waals surface area contributed by atoms with Gasteiger partial charge in [-0.05, 0) is 25.1 Å². The number of ether oxygens (including phenoxy) is 2. The summed E-state index contributed by atoms with van der Waals surface area (Å²) in [6, 6.07) is 4.32. The number of ketones is 1. The van der Waals surface area contributed by atoms with Gasteiger partial charge in [0.15, 0.2) is 5.78 Å². The molecule has 1 aromatic rings. The Morgan fingerprint density at radius 1 is 1.58 bits per heavy atom. The highest BCUT2D eigenvalue weighted by atomic mass is 19.1. The molecular weight excluding hydrogens is 249 g/mol. The van der Waals surface area contributed by atoms with Gasteiger partial charge in [0.2, 0.25) is 0 Å². The van der Waals surface area contributed by atoms with Crippen LogP contribution >= 0.6 is 0 Å². The summed E-state index contributed by atoms with van der Waals surface area (Å²) in [7, 11) is 1.63. The van der Waals surface area contributed by atoms with Gasteiger partial charge in [0, 0.05) is 31.5 Å². The number of morpholine rings is 1. The lowest BCUT2D eigenvalue weighted by Crippen LogP contribution is -2.44. The SMILES string of the molecule is COC[C@@H]1CN(c2ccc(F)cc2C(C)=O)CCO1. The van der Waals surface area contributed by atoms with Crippen molar-refractivity contribution in [1.29, 1.82) is 0 Å². The molecule has 0 spiro atoms. The maximum absolute atomic E-state index is 13.3. The van der Waals surface area contributed by atoms with Crippen molar-refractivity contribution in [1.82, 2.24) is 0 Å². The first-order chi connectivity index (χ1) is 9.11. The molecule has 1 heterocycles. The summed E-state index contributed by atoms with van der Waals surface area (Å²) in [6.45, 7) is 3.85. The van der Waals surface area contributed by atoms with Gasteiger partial charge in [0.05, 0.1) is 19.3 Å². The van der Waals surface area contributed by atoms with Crippen molar-refractivity contribution < 1.29 is 18.7 Å². The summed E-state index contributed by atoms with van der Waals surface area (Å²) >= 11 is 0. The molecule has 0 aromatic heterocycles. The third-order valence-electron chi connectivity index (χ3n) is 3.17. The molecule has 0 radical (unpaired) electrons. The lowest BCUT2D eigenvalue weighted by atomic mass is 10.1. The van der Waals surface area contributed by atoms with E-state index in [-0.39, 0.29) is 11.9 Å². The summed E-state index contributed by atoms with van der Waals surface area (Å²) in [4.78, 5) is 13.7. The molecule has 1 saturated heterocycles. The van der Waals surface area contributed by atoms with Crippen LogP contribution in [0.3, 0.4) is 0 Å². The van der Waals surface area contributed by atoms with Gasteiger partial charge in [0.25, 0.3) is 0 Å². The maximum atomic E-state index is 13.3. The summed E-state index contributed by atoms with van der Waals surface area (Å²) in [5.41, 5.74) is 1.18. The minimum atomic E-state index is -0.393. The average molecular weight is 267 g/mol. The van der Waals surface area contributed by atoms with E-state index in [1.807, 2.05) is 4.90 Å². The molecule has 2 rings (SSSR count). The van der Waals surface area contributed by atoms with Crippen LogP contribution in [0.5, 0.6) is 0 Å². The lowest BCUT2D eigenvalue weighted by molar-refractivity contribution is -0.0100. The second-order valence-corrected chi connectivity index (χ2v) is 4.61. The van der Waals surface area contributed by atoms with Crippen molar-refractivity contribution >= 4 is 11.5 Å². The molecular formula is C14H18FNO3. The first kappa shape index (κ1) is 14.0. The van der Waals surface area contributed by atoms with Crippen molar-refractivity contribution in [3.63, 3.8) is 0 Å². The van der Waals surface area contributed by atoms with Gasteiger partial charge < -0.3 is 14.4 Å². The Labute approximate surface area is 112 Å². The predicted molar refractivity (Wildman–Crippen MR) is 70.2 cm³/mol. The van der Waals surface area contributed by atoms with Gasteiger partial charge in [-0.15, -0.1) is 0 Å². The summed E-state index contributed by atoms with van der Waals surface area (Å²) < 4.78 is 23.9. The van der Waals surface area contributed by atoms with Crippen LogP contribution in [0.2, 0.25) is 0 Å². The Morgan fingerprint density at radius 2 is 2.37 bits per heavy atom. The Balaban J connectivity index is 2.23. The second kappa shape index (κ2) is 6.12. The smallest absolute Gasteiger partial charge is 0.161 e. The predicted octanol–water partition coefficient (Wildman–Crippen LogP) is 1.88. The first-order valence-corrected chi connectivity index (χ1v) is 6.27. The minimum Gasteiger partial charge on any atom is -0.382 e. The van der Waals surface area contributed by atoms with Gasteiger partial charge in [-0.2, -0.15) is 0 Å². The van der Waals surface area contributed by atoms with Gasteiger partial charge in [0.1, 0.15) is 5.82 Å². The van der Waals surface area contributed by atoms with E-state index in [9.17, 15) is 9.18 Å². The van der Waals surface area contributed by atoms with E-state index in [0.717, 1.165) is 5.69 Å². The van der Waals surface area contributed by atoms with Crippen LogP contribution in [0.15, 0.2) is 18.2 Å². The number of carbonyl (C=O) groups excluding carboxylic acids is 1. The number of halogens is 1. The zero-order valence-corrected chi connectivity index (χ0v) is 11.2. The van der Waals surface area contributed by atoms with E-state index in [4.69, 9.17) is 9.47 Å². The van der Waals surface area contributed by atoms with Crippen molar-refractivity contribution in [2.45, 2.75) is 13.0 Å². The van der Waals surface area contributed by atoms with Crippen LogP contribution in [0.1, 0.15) is 17.3 Å². The third kappa shape index (κ3) is 3.30. The molecule has 1 atom stereocenters. The highest BCUT2D eigenvalue weighted by Crippen LogP contribution is 2.24. The van der Waals surface area contributed by atoms with Gasteiger partial charge in [-0.25, -0.2) is 4.39 Å². The topological polar surface area (TPSA) is 38.8 Å². The maximum Gasteiger partial charge on any atom is 0.161 e. The molecule has 1 aromatic carbocycles. The fourth-order valence-electron chi connectivity index (χ4n) is 2.29. The molecule has 0 N–H and O–H groups in total. The molecule has 1 aliphatic rings. The van der Waals surface area contributed by atoms with E-state index in [1.54, 1.807) is 13.2 Å². The van der Waals surface area contributed by atoms with Crippen LogP contribution in [-0.2, 0) is 9.47 Å². The largest absolute Gasteiger partial charge is 0.382 e. The molecule has 0 unspecified atom stereocenters. The first-order valence-electron chi connectivity index (χ1n) is 6.27. The van der Waals surface area contributed by atoms with Crippen LogP contribution in [0.4, 0.5) is 10.1 Å². The van der Waals surface area contributed by atoms with E-state index in [0.29, 0.717) is 31.9 Å². The Hall–Kier alpha value is -1.46. The zero-order chi connectivity index (χ0) is 13.8. The Morgan fingerprint density at radius 3 is 3.05 bits per heavy atom. The van der Waals surface area contributed by atoms with E-state index < -0.39 is 5.82 Å². The lowest BCUT2D eigenvalue weighted by Gasteiger charge is -2.35. The standard InChI is InChI=1S/C14H18FNO3/c1-10(17)13-7-11(15)3-4-14(13)16-5-6-19-12(8-16)9-18-2/h3-4,7,12H,5-6,8-9H2,1-2H3/t12-/m0/s1. The number of nitrogens with zero attached hydrogens (tertiary/aromatic N) is 1. The number of benzene rings is 1. The molecule has 1 fully saturated rings. The molecule has 0 aliphatic carbocycles. The van der Waals surface area contributed by atoms with Crippen molar-refractivity contribution in [3.05, 3.63) is 29.6 Å².